The van der Waals surface area contributed by atoms with Gasteiger partial charge in [0.15, 0.2) is 10.8 Å². The summed E-state index contributed by atoms with van der Waals surface area (Å²) in [5, 5.41) is 12.8. The number of carboxylic acid groups (broad SMARTS) is 1. The summed E-state index contributed by atoms with van der Waals surface area (Å²) in [5.74, 6) is -1.68. The number of anilines is 1. The fourth-order valence-corrected chi connectivity index (χ4v) is 4.23. The Hall–Kier alpha value is -2.30. The van der Waals surface area contributed by atoms with Gasteiger partial charge in [-0.05, 0) is 24.3 Å². The normalized spacial score (nSPS) is 11.5. The molecule has 0 fully saturated rings. The molecule has 2 aromatic rings. The van der Waals surface area contributed by atoms with Gasteiger partial charge in [-0.25, -0.2) is 18.2 Å². The summed E-state index contributed by atoms with van der Waals surface area (Å²) in [6, 6.07) is 5.54. The Morgan fingerprint density at radius 1 is 1.20 bits per heavy atom. The van der Waals surface area contributed by atoms with E-state index in [2.05, 4.69) is 10.3 Å². The third kappa shape index (κ3) is 4.21. The van der Waals surface area contributed by atoms with E-state index in [9.17, 15) is 18.0 Å². The summed E-state index contributed by atoms with van der Waals surface area (Å²) >= 11 is 0.992. The molecule has 0 atom stereocenters. The fourth-order valence-electron chi connectivity index (χ4n) is 2.09. The van der Waals surface area contributed by atoms with Gasteiger partial charge in [-0.3, -0.25) is 10.1 Å². The summed E-state index contributed by atoms with van der Waals surface area (Å²) in [5.41, 5.74) is 0.0894. The van der Waals surface area contributed by atoms with Crippen LogP contribution in [0.2, 0.25) is 0 Å². The largest absolute Gasteiger partial charge is 0.476 e. The number of aromatic carboxylic acids is 1. The number of sulfonamides is 1. The van der Waals surface area contributed by atoms with E-state index in [0.29, 0.717) is 13.1 Å². The summed E-state index contributed by atoms with van der Waals surface area (Å²) in [4.78, 5) is 26.8. The predicted molar refractivity (Wildman–Crippen MR) is 93.6 cm³/mol. The lowest BCUT2D eigenvalue weighted by atomic mass is 10.2. The minimum Gasteiger partial charge on any atom is -0.476 e. The van der Waals surface area contributed by atoms with E-state index in [4.69, 9.17) is 5.11 Å². The van der Waals surface area contributed by atoms with E-state index in [1.165, 1.54) is 34.0 Å². The lowest BCUT2D eigenvalue weighted by molar-refractivity contribution is 0.0691. The van der Waals surface area contributed by atoms with Crippen molar-refractivity contribution >= 4 is 38.4 Å². The maximum Gasteiger partial charge on any atom is 0.355 e. The summed E-state index contributed by atoms with van der Waals surface area (Å²) in [6.45, 7) is 4.22. The Bertz CT molecular complexity index is 871. The quantitative estimate of drug-likeness (QED) is 0.756. The number of carboxylic acids is 1. The van der Waals surface area contributed by atoms with Crippen molar-refractivity contribution in [2.24, 2.45) is 0 Å². The van der Waals surface area contributed by atoms with Gasteiger partial charge in [0.05, 0.1) is 4.90 Å². The molecule has 0 aliphatic rings. The zero-order chi connectivity index (χ0) is 18.6. The zero-order valence-electron chi connectivity index (χ0n) is 13.6. The van der Waals surface area contributed by atoms with Crippen LogP contribution in [0.15, 0.2) is 34.5 Å². The number of aromatic nitrogens is 1. The molecular formula is C15H17N3O5S2. The molecule has 0 aliphatic carbocycles. The van der Waals surface area contributed by atoms with Crippen LogP contribution in [0.1, 0.15) is 34.7 Å². The molecule has 0 saturated carbocycles. The molecule has 1 heterocycles. The topological polar surface area (TPSA) is 117 Å². The second-order valence-corrected chi connectivity index (χ2v) is 7.71. The van der Waals surface area contributed by atoms with Crippen molar-refractivity contribution in [3.8, 4) is 0 Å². The molecule has 8 nitrogen and oxygen atoms in total. The molecule has 1 amide bonds. The number of hydrogen-bond acceptors (Lipinski definition) is 6. The minimum atomic E-state index is -3.58. The van der Waals surface area contributed by atoms with Gasteiger partial charge in [0.25, 0.3) is 5.91 Å². The van der Waals surface area contributed by atoms with Gasteiger partial charge in [0, 0.05) is 24.0 Å². The Morgan fingerprint density at radius 2 is 1.80 bits per heavy atom. The van der Waals surface area contributed by atoms with Crippen molar-refractivity contribution in [2.75, 3.05) is 18.4 Å². The van der Waals surface area contributed by atoms with E-state index >= 15 is 0 Å². The number of amides is 1. The number of carbonyl (C=O) groups excluding carboxylic acids is 1. The van der Waals surface area contributed by atoms with E-state index in [-0.39, 0.29) is 21.3 Å². The third-order valence-electron chi connectivity index (χ3n) is 3.40. The molecular weight excluding hydrogens is 366 g/mol. The van der Waals surface area contributed by atoms with Crippen LogP contribution in [0.25, 0.3) is 0 Å². The molecule has 10 heteroatoms. The van der Waals surface area contributed by atoms with Crippen molar-refractivity contribution in [2.45, 2.75) is 18.7 Å². The molecule has 0 bridgehead atoms. The first kappa shape index (κ1) is 19.0. The monoisotopic (exact) mass is 383 g/mol. The number of nitrogens with zero attached hydrogens (tertiary/aromatic N) is 2. The van der Waals surface area contributed by atoms with Crippen LogP contribution in [0, 0.1) is 0 Å². The van der Waals surface area contributed by atoms with Crippen LogP contribution in [-0.4, -0.2) is 47.8 Å². The number of nitrogens with one attached hydrogen (secondary N) is 1. The lowest BCUT2D eigenvalue weighted by Crippen LogP contribution is -2.30. The van der Waals surface area contributed by atoms with Gasteiger partial charge in [-0.1, -0.05) is 13.8 Å². The second-order valence-electron chi connectivity index (χ2n) is 4.91. The first-order valence-corrected chi connectivity index (χ1v) is 9.72. The lowest BCUT2D eigenvalue weighted by Gasteiger charge is -2.18. The molecule has 0 spiro atoms. The van der Waals surface area contributed by atoms with Gasteiger partial charge >= 0.3 is 5.97 Å². The van der Waals surface area contributed by atoms with Crippen molar-refractivity contribution in [3.05, 3.63) is 40.9 Å². The van der Waals surface area contributed by atoms with E-state index in [1.807, 2.05) is 0 Å². The average Bonchev–Trinajstić information content (AvgIpc) is 3.04. The molecule has 0 unspecified atom stereocenters. The van der Waals surface area contributed by atoms with Gasteiger partial charge in [0.1, 0.15) is 0 Å². The molecule has 1 aromatic carbocycles. The zero-order valence-corrected chi connectivity index (χ0v) is 15.2. The second kappa shape index (κ2) is 7.72. The SMILES string of the molecule is CCN(CC)S(=O)(=O)c1ccc(C(=O)Nc2nc(C(=O)O)cs2)cc1. The number of benzene rings is 1. The number of rotatable bonds is 7. The maximum absolute atomic E-state index is 12.4. The van der Waals surface area contributed by atoms with Crippen LogP contribution in [0.5, 0.6) is 0 Å². The minimum absolute atomic E-state index is 0.107. The first-order valence-electron chi connectivity index (χ1n) is 7.40. The molecule has 2 rings (SSSR count). The Kier molecular flexibility index (Phi) is 5.88. The molecule has 134 valence electrons. The molecule has 0 radical (unpaired) electrons. The van der Waals surface area contributed by atoms with Crippen LogP contribution in [-0.2, 0) is 10.0 Å². The maximum atomic E-state index is 12.4. The number of hydrogen-bond donors (Lipinski definition) is 2. The molecule has 2 N–H and O–H groups in total. The highest BCUT2D eigenvalue weighted by molar-refractivity contribution is 7.89. The first-order chi connectivity index (χ1) is 11.8. The highest BCUT2D eigenvalue weighted by Gasteiger charge is 2.21. The molecule has 0 saturated heterocycles. The van der Waals surface area contributed by atoms with Crippen molar-refractivity contribution in [3.63, 3.8) is 0 Å². The highest BCUT2D eigenvalue weighted by atomic mass is 32.2. The Labute approximate surface area is 149 Å². The van der Waals surface area contributed by atoms with Crippen molar-refractivity contribution in [1.82, 2.24) is 9.29 Å². The summed E-state index contributed by atoms with van der Waals surface area (Å²) in [6.07, 6.45) is 0. The van der Waals surface area contributed by atoms with Crippen molar-refractivity contribution in [1.29, 1.82) is 0 Å². The van der Waals surface area contributed by atoms with Gasteiger partial charge < -0.3 is 5.11 Å². The van der Waals surface area contributed by atoms with Crippen LogP contribution in [0.3, 0.4) is 0 Å². The Morgan fingerprint density at radius 3 is 2.28 bits per heavy atom. The molecule has 25 heavy (non-hydrogen) atoms. The number of thiazole rings is 1. The number of carbonyl (C=O) groups is 2. The van der Waals surface area contributed by atoms with E-state index in [0.717, 1.165) is 11.3 Å². The highest BCUT2D eigenvalue weighted by Crippen LogP contribution is 2.19. The van der Waals surface area contributed by atoms with Gasteiger partial charge in [0.2, 0.25) is 10.0 Å². The molecule has 1 aromatic heterocycles. The van der Waals surface area contributed by atoms with Crippen LogP contribution < -0.4 is 5.32 Å². The summed E-state index contributed by atoms with van der Waals surface area (Å²) < 4.78 is 26.1. The third-order valence-corrected chi connectivity index (χ3v) is 6.23. The summed E-state index contributed by atoms with van der Waals surface area (Å²) in [7, 11) is -3.58. The smallest absolute Gasteiger partial charge is 0.355 e. The average molecular weight is 383 g/mol. The Balaban J connectivity index is 2.16. The van der Waals surface area contributed by atoms with Crippen LogP contribution in [0.4, 0.5) is 5.13 Å². The fraction of sp³-hybridized carbons (Fsp3) is 0.267. The van der Waals surface area contributed by atoms with Gasteiger partial charge in [-0.2, -0.15) is 4.31 Å². The molecule has 0 aliphatic heterocycles. The van der Waals surface area contributed by atoms with E-state index in [1.54, 1.807) is 13.8 Å². The van der Waals surface area contributed by atoms with Crippen LogP contribution >= 0.6 is 11.3 Å². The standard InChI is InChI=1S/C15H17N3O5S2/c1-3-18(4-2)25(22,23)11-7-5-10(6-8-11)13(19)17-15-16-12(9-24-15)14(20)21/h5-9H,3-4H2,1-2H3,(H,20,21)(H,16,17,19). The van der Waals surface area contributed by atoms with Gasteiger partial charge in [-0.15, -0.1) is 11.3 Å². The van der Waals surface area contributed by atoms with E-state index < -0.39 is 21.9 Å². The van der Waals surface area contributed by atoms with Crippen molar-refractivity contribution < 1.29 is 23.1 Å². The predicted octanol–water partition coefficient (Wildman–Crippen LogP) is 2.12.